The molecule has 30 heavy (non-hydrogen) atoms. The number of nitrogens with two attached hydrogens (primary N) is 2. The third-order valence-electron chi connectivity index (χ3n) is 6.50. The van der Waals surface area contributed by atoms with Crippen molar-refractivity contribution in [3.63, 3.8) is 0 Å². The van der Waals surface area contributed by atoms with Crippen molar-refractivity contribution in [2.45, 2.75) is 69.7 Å². The molecule has 2 amide bonds. The first-order valence-corrected chi connectivity index (χ1v) is 11.7. The molecule has 2 aromatic rings. The van der Waals surface area contributed by atoms with Gasteiger partial charge in [-0.1, -0.05) is 19.9 Å². The van der Waals surface area contributed by atoms with Crippen molar-refractivity contribution in [3.8, 4) is 5.88 Å². The number of aromatic nitrogens is 2. The molecule has 0 saturated carbocycles. The molecule has 0 bridgehead atoms. The maximum atomic E-state index is 11.2. The van der Waals surface area contributed by atoms with Crippen LogP contribution in [-0.4, -0.2) is 22.4 Å². The fraction of sp³-hybridized carbons (Fsp3) is 0.545. The number of nitrogens with one attached hydrogen (secondary N) is 1. The molecule has 5 N–H and O–H groups in total. The molecule has 0 radical (unpaired) electrons. The Morgan fingerprint density at radius 1 is 1.37 bits per heavy atom. The van der Waals surface area contributed by atoms with Crippen LogP contribution in [0.3, 0.4) is 0 Å². The van der Waals surface area contributed by atoms with Crippen molar-refractivity contribution in [1.82, 2.24) is 9.78 Å². The summed E-state index contributed by atoms with van der Waals surface area (Å²) in [6.07, 6.45) is 8.56. The van der Waals surface area contributed by atoms with E-state index in [0.717, 1.165) is 55.3 Å². The Morgan fingerprint density at radius 3 is 2.93 bits per heavy atom. The second-order valence-electron chi connectivity index (χ2n) is 8.44. The summed E-state index contributed by atoms with van der Waals surface area (Å²) >= 11 is 1.19. The van der Waals surface area contributed by atoms with Gasteiger partial charge in [-0.05, 0) is 78.6 Å². The van der Waals surface area contributed by atoms with E-state index in [1.807, 2.05) is 4.68 Å². The lowest BCUT2D eigenvalue weighted by molar-refractivity contribution is 0.157. The molecular weight excluding hydrogens is 398 g/mol. The first-order chi connectivity index (χ1) is 14.5. The molecular formula is C22H31N5O2S. The number of hydrogen-bond acceptors (Lipinski definition) is 5. The standard InChI is InChI=1S/C14H18N2O.C8H13N3OS/c1-8-5-6-11-12(8)7-9-3-2-4-10(9)13(11)16-14(15)17;1-2-6-4-11-8(12-5-6)7(13-9)3-10-11/h7-8H,2-6H2,1H3,(H3,15,16,17);3,6H,2,4-5,9H2,1H3. The van der Waals surface area contributed by atoms with Gasteiger partial charge in [0.15, 0.2) is 0 Å². The van der Waals surface area contributed by atoms with Crippen LogP contribution in [-0.2, 0) is 25.8 Å². The number of carbonyl (C=O) groups is 1. The van der Waals surface area contributed by atoms with Crippen LogP contribution in [0, 0.1) is 5.92 Å². The summed E-state index contributed by atoms with van der Waals surface area (Å²) in [6.45, 7) is 6.17. The number of urea groups is 1. The Hall–Kier alpha value is -2.19. The molecule has 0 fully saturated rings. The van der Waals surface area contributed by atoms with E-state index in [4.69, 9.17) is 15.6 Å². The molecule has 0 saturated heterocycles. The highest BCUT2D eigenvalue weighted by atomic mass is 32.2. The average molecular weight is 430 g/mol. The van der Waals surface area contributed by atoms with Crippen molar-refractivity contribution in [1.29, 1.82) is 0 Å². The van der Waals surface area contributed by atoms with Crippen LogP contribution in [0.15, 0.2) is 17.2 Å². The zero-order chi connectivity index (χ0) is 21.3. The van der Waals surface area contributed by atoms with Gasteiger partial charge in [-0.2, -0.15) is 5.10 Å². The summed E-state index contributed by atoms with van der Waals surface area (Å²) in [5.74, 6) is 2.03. The molecule has 2 unspecified atom stereocenters. The van der Waals surface area contributed by atoms with Crippen molar-refractivity contribution in [3.05, 3.63) is 34.5 Å². The number of anilines is 1. The molecule has 162 valence electrons. The predicted molar refractivity (Wildman–Crippen MR) is 120 cm³/mol. The van der Waals surface area contributed by atoms with Crippen LogP contribution < -0.4 is 20.9 Å². The summed E-state index contributed by atoms with van der Waals surface area (Å²) in [5, 5.41) is 12.6. The maximum Gasteiger partial charge on any atom is 0.316 e. The zero-order valence-electron chi connectivity index (χ0n) is 17.7. The lowest BCUT2D eigenvalue weighted by atomic mass is 9.96. The van der Waals surface area contributed by atoms with Gasteiger partial charge in [0.2, 0.25) is 5.88 Å². The van der Waals surface area contributed by atoms with E-state index >= 15 is 0 Å². The van der Waals surface area contributed by atoms with Gasteiger partial charge in [-0.25, -0.2) is 9.48 Å². The van der Waals surface area contributed by atoms with Crippen LogP contribution in [0.1, 0.15) is 61.3 Å². The minimum absolute atomic E-state index is 0.438. The summed E-state index contributed by atoms with van der Waals surface area (Å²) < 4.78 is 7.48. The van der Waals surface area contributed by atoms with E-state index < -0.39 is 6.03 Å². The highest BCUT2D eigenvalue weighted by Gasteiger charge is 2.28. The summed E-state index contributed by atoms with van der Waals surface area (Å²) in [7, 11) is 0. The van der Waals surface area contributed by atoms with Gasteiger partial charge in [0.1, 0.15) is 4.90 Å². The Labute approximate surface area is 182 Å². The molecule has 8 heteroatoms. The number of benzene rings is 1. The number of fused-ring (bicyclic) bond motifs is 3. The highest BCUT2D eigenvalue weighted by molar-refractivity contribution is 7.97. The Morgan fingerprint density at radius 2 is 2.20 bits per heavy atom. The molecule has 2 atom stereocenters. The van der Waals surface area contributed by atoms with E-state index in [2.05, 4.69) is 30.3 Å². The normalized spacial score (nSPS) is 21.0. The second kappa shape index (κ2) is 8.89. The Balaban J connectivity index is 0.000000151. The van der Waals surface area contributed by atoms with E-state index in [1.54, 1.807) is 6.20 Å². The van der Waals surface area contributed by atoms with Gasteiger partial charge in [0.25, 0.3) is 0 Å². The highest BCUT2D eigenvalue weighted by Crippen LogP contribution is 2.43. The molecule has 3 aliphatic rings. The third kappa shape index (κ3) is 4.03. The van der Waals surface area contributed by atoms with Crippen molar-refractivity contribution < 1.29 is 9.53 Å². The van der Waals surface area contributed by atoms with Crippen LogP contribution in [0.4, 0.5) is 10.5 Å². The first kappa shape index (κ1) is 21.1. The second-order valence-corrected chi connectivity index (χ2v) is 9.11. The molecule has 5 rings (SSSR count). The molecule has 7 nitrogen and oxygen atoms in total. The first-order valence-electron chi connectivity index (χ1n) is 10.8. The van der Waals surface area contributed by atoms with Crippen LogP contribution >= 0.6 is 11.9 Å². The van der Waals surface area contributed by atoms with Gasteiger partial charge >= 0.3 is 6.03 Å². The van der Waals surface area contributed by atoms with Crippen molar-refractivity contribution in [2.75, 3.05) is 11.9 Å². The number of nitrogens with zero attached hydrogens (tertiary/aromatic N) is 2. The lowest BCUT2D eigenvalue weighted by Gasteiger charge is -2.23. The van der Waals surface area contributed by atoms with E-state index in [1.165, 1.54) is 47.0 Å². The quantitative estimate of drug-likeness (QED) is 0.640. The van der Waals surface area contributed by atoms with E-state index in [9.17, 15) is 4.79 Å². The fourth-order valence-electron chi connectivity index (χ4n) is 4.77. The lowest BCUT2D eigenvalue weighted by Crippen LogP contribution is -2.25. The summed E-state index contributed by atoms with van der Waals surface area (Å²) in [4.78, 5) is 12.1. The molecule has 1 aromatic heterocycles. The van der Waals surface area contributed by atoms with E-state index in [0.29, 0.717) is 11.8 Å². The monoisotopic (exact) mass is 429 g/mol. The SMILES string of the molecule is CC1CCc2c1cc1c(c2NC(N)=O)CCC1.CCC1COc2c(SN)cnn2C1. The van der Waals surface area contributed by atoms with Gasteiger partial charge < -0.3 is 15.8 Å². The predicted octanol–water partition coefficient (Wildman–Crippen LogP) is 3.98. The average Bonchev–Trinajstić information content (AvgIpc) is 3.46. The summed E-state index contributed by atoms with van der Waals surface area (Å²) in [6, 6.07) is 1.92. The molecule has 2 aliphatic carbocycles. The topological polar surface area (TPSA) is 108 Å². The fourth-order valence-corrected chi connectivity index (χ4v) is 5.14. The van der Waals surface area contributed by atoms with Crippen LogP contribution in [0.2, 0.25) is 0 Å². The number of ether oxygens (including phenoxy) is 1. The largest absolute Gasteiger partial charge is 0.477 e. The van der Waals surface area contributed by atoms with Gasteiger partial charge in [-0.3, -0.25) is 5.14 Å². The van der Waals surface area contributed by atoms with Crippen molar-refractivity contribution >= 4 is 23.7 Å². The number of primary amides is 1. The van der Waals surface area contributed by atoms with Crippen molar-refractivity contribution in [2.24, 2.45) is 16.8 Å². The maximum absolute atomic E-state index is 11.2. The Bertz CT molecular complexity index is 942. The third-order valence-corrected chi connectivity index (χ3v) is 7.03. The minimum Gasteiger partial charge on any atom is -0.477 e. The summed E-state index contributed by atoms with van der Waals surface area (Å²) in [5.41, 5.74) is 11.8. The Kier molecular flexibility index (Phi) is 6.24. The molecule has 2 heterocycles. The van der Waals surface area contributed by atoms with Crippen LogP contribution in [0.25, 0.3) is 0 Å². The smallest absolute Gasteiger partial charge is 0.316 e. The minimum atomic E-state index is -0.438. The van der Waals surface area contributed by atoms with E-state index in [-0.39, 0.29) is 0 Å². The van der Waals surface area contributed by atoms with Crippen LogP contribution in [0.5, 0.6) is 5.88 Å². The number of rotatable bonds is 3. The number of aryl methyl sites for hydroxylation is 1. The van der Waals surface area contributed by atoms with Gasteiger partial charge in [0.05, 0.1) is 19.3 Å². The molecule has 1 aliphatic heterocycles. The molecule has 1 aromatic carbocycles. The number of hydrogen-bond donors (Lipinski definition) is 3. The zero-order valence-corrected chi connectivity index (χ0v) is 18.6. The van der Waals surface area contributed by atoms with Gasteiger partial charge in [-0.15, -0.1) is 0 Å². The van der Waals surface area contributed by atoms with Gasteiger partial charge in [0, 0.05) is 11.6 Å². The molecule has 0 spiro atoms. The number of carbonyl (C=O) groups excluding carboxylic acids is 1. The number of amides is 2.